The molecular formula is C21H29NO3. The zero-order valence-electron chi connectivity index (χ0n) is 15.2. The van der Waals surface area contributed by atoms with Crippen molar-refractivity contribution in [2.24, 2.45) is 5.92 Å². The minimum absolute atomic E-state index is 0.0574. The highest BCUT2D eigenvalue weighted by Gasteiger charge is 2.26. The van der Waals surface area contributed by atoms with Crippen molar-refractivity contribution in [1.29, 1.82) is 0 Å². The predicted molar refractivity (Wildman–Crippen MR) is 97.6 cm³/mol. The number of benzene rings is 1. The second kappa shape index (κ2) is 8.13. The van der Waals surface area contributed by atoms with Gasteiger partial charge in [-0.15, -0.1) is 0 Å². The number of hydrogen-bond acceptors (Lipinski definition) is 3. The molecule has 1 aromatic carbocycles. The summed E-state index contributed by atoms with van der Waals surface area (Å²) in [5.74, 6) is 0.517. The standard InChI is InChI=1S/C21H29NO3/c1-22(19-9-5-15(14-23)6-10-19)21(25)12-11-20(24)18-8-7-16-3-2-4-17(16)13-18/h7-8,13,15,19,23H,2-6,9-12,14H2,1H3. The van der Waals surface area contributed by atoms with E-state index in [1.807, 2.05) is 24.1 Å². The van der Waals surface area contributed by atoms with E-state index in [-0.39, 0.29) is 37.2 Å². The highest BCUT2D eigenvalue weighted by Crippen LogP contribution is 2.27. The average Bonchev–Trinajstić information content (AvgIpc) is 3.13. The van der Waals surface area contributed by atoms with Crippen molar-refractivity contribution in [1.82, 2.24) is 4.90 Å². The number of carbonyl (C=O) groups excluding carboxylic acids is 2. The maximum atomic E-state index is 12.4. The van der Waals surface area contributed by atoms with Gasteiger partial charge in [0.1, 0.15) is 0 Å². The van der Waals surface area contributed by atoms with Crippen molar-refractivity contribution in [3.63, 3.8) is 0 Å². The van der Waals surface area contributed by atoms with E-state index < -0.39 is 0 Å². The molecule has 2 aliphatic rings. The molecule has 3 rings (SSSR count). The highest BCUT2D eigenvalue weighted by atomic mass is 16.3. The molecule has 0 aromatic heterocycles. The van der Waals surface area contributed by atoms with Crippen molar-refractivity contribution >= 4 is 11.7 Å². The van der Waals surface area contributed by atoms with Crippen LogP contribution in [-0.4, -0.2) is 41.4 Å². The smallest absolute Gasteiger partial charge is 0.223 e. The summed E-state index contributed by atoms with van der Waals surface area (Å²) < 4.78 is 0. The molecule has 0 aliphatic heterocycles. The predicted octanol–water partition coefficient (Wildman–Crippen LogP) is 3.15. The van der Waals surface area contributed by atoms with Crippen LogP contribution >= 0.6 is 0 Å². The molecule has 0 spiro atoms. The molecule has 1 amide bonds. The quantitative estimate of drug-likeness (QED) is 0.807. The summed E-state index contributed by atoms with van der Waals surface area (Å²) in [6.45, 7) is 0.250. The molecule has 25 heavy (non-hydrogen) atoms. The van der Waals surface area contributed by atoms with Crippen LogP contribution < -0.4 is 0 Å². The zero-order valence-corrected chi connectivity index (χ0v) is 15.2. The van der Waals surface area contributed by atoms with Crippen LogP contribution in [0.15, 0.2) is 18.2 Å². The van der Waals surface area contributed by atoms with Gasteiger partial charge < -0.3 is 10.0 Å². The molecule has 4 nitrogen and oxygen atoms in total. The molecule has 2 aliphatic carbocycles. The lowest BCUT2D eigenvalue weighted by molar-refractivity contribution is -0.132. The third kappa shape index (κ3) is 4.30. The first-order chi connectivity index (χ1) is 12.1. The number of amides is 1. The number of nitrogens with zero attached hydrogens (tertiary/aromatic N) is 1. The summed E-state index contributed by atoms with van der Waals surface area (Å²) in [6, 6.07) is 6.26. The largest absolute Gasteiger partial charge is 0.396 e. The first kappa shape index (κ1) is 18.1. The Kier molecular flexibility index (Phi) is 5.89. The van der Waals surface area contributed by atoms with Crippen LogP contribution in [0.25, 0.3) is 0 Å². The Morgan fingerprint density at radius 3 is 2.52 bits per heavy atom. The van der Waals surface area contributed by atoms with Crippen LogP contribution in [0.4, 0.5) is 0 Å². The van der Waals surface area contributed by atoms with Crippen LogP contribution in [-0.2, 0) is 17.6 Å². The van der Waals surface area contributed by atoms with Gasteiger partial charge in [0.25, 0.3) is 0 Å². The average molecular weight is 343 g/mol. The first-order valence-electron chi connectivity index (χ1n) is 9.60. The maximum absolute atomic E-state index is 12.4. The molecular weight excluding hydrogens is 314 g/mol. The van der Waals surface area contributed by atoms with Gasteiger partial charge in [-0.2, -0.15) is 0 Å². The number of carbonyl (C=O) groups is 2. The monoisotopic (exact) mass is 343 g/mol. The number of fused-ring (bicyclic) bond motifs is 1. The van der Waals surface area contributed by atoms with Crippen LogP contribution in [0.5, 0.6) is 0 Å². The second-order valence-corrected chi connectivity index (χ2v) is 7.62. The third-order valence-electron chi connectivity index (χ3n) is 6.00. The molecule has 1 aromatic rings. The van der Waals surface area contributed by atoms with Crippen LogP contribution in [0.1, 0.15) is 66.4 Å². The van der Waals surface area contributed by atoms with Crippen molar-refractivity contribution in [2.45, 2.75) is 63.8 Å². The minimum atomic E-state index is 0.0574. The first-order valence-corrected chi connectivity index (χ1v) is 9.60. The highest BCUT2D eigenvalue weighted by molar-refractivity contribution is 5.98. The van der Waals surface area contributed by atoms with Gasteiger partial charge in [0.05, 0.1) is 0 Å². The van der Waals surface area contributed by atoms with Crippen molar-refractivity contribution in [2.75, 3.05) is 13.7 Å². The Bertz CT molecular complexity index is 632. The minimum Gasteiger partial charge on any atom is -0.396 e. The number of Topliss-reactive ketones (excluding diaryl/α,β-unsaturated/α-hetero) is 1. The van der Waals surface area contributed by atoms with E-state index >= 15 is 0 Å². The molecule has 1 N–H and O–H groups in total. The zero-order chi connectivity index (χ0) is 17.8. The summed E-state index contributed by atoms with van der Waals surface area (Å²) in [4.78, 5) is 26.7. The van der Waals surface area contributed by atoms with Crippen molar-refractivity contribution in [3.05, 3.63) is 34.9 Å². The summed E-state index contributed by atoms with van der Waals surface area (Å²) in [6.07, 6.45) is 7.79. The number of ketones is 1. The number of aryl methyl sites for hydroxylation is 2. The lowest BCUT2D eigenvalue weighted by Crippen LogP contribution is -2.39. The molecule has 0 radical (unpaired) electrons. The van der Waals surface area contributed by atoms with Gasteiger partial charge in [0, 0.05) is 38.1 Å². The fourth-order valence-electron chi connectivity index (χ4n) is 4.20. The topological polar surface area (TPSA) is 57.6 Å². The van der Waals surface area contributed by atoms with Crippen molar-refractivity contribution in [3.8, 4) is 0 Å². The summed E-state index contributed by atoms with van der Waals surface area (Å²) in [5.41, 5.74) is 3.42. The van der Waals surface area contributed by atoms with E-state index in [9.17, 15) is 14.7 Å². The normalized spacial score (nSPS) is 22.5. The molecule has 1 saturated carbocycles. The molecule has 0 heterocycles. The third-order valence-corrected chi connectivity index (χ3v) is 6.00. The fraction of sp³-hybridized carbons (Fsp3) is 0.619. The van der Waals surface area contributed by atoms with Gasteiger partial charge in [0.2, 0.25) is 5.91 Å². The molecule has 136 valence electrons. The van der Waals surface area contributed by atoms with Crippen LogP contribution in [0.3, 0.4) is 0 Å². The Morgan fingerprint density at radius 1 is 1.08 bits per heavy atom. The van der Waals surface area contributed by atoms with Crippen molar-refractivity contribution < 1.29 is 14.7 Å². The van der Waals surface area contributed by atoms with Crippen LogP contribution in [0.2, 0.25) is 0 Å². The molecule has 0 unspecified atom stereocenters. The fourth-order valence-corrected chi connectivity index (χ4v) is 4.20. The molecule has 4 heteroatoms. The molecule has 0 saturated heterocycles. The summed E-state index contributed by atoms with van der Waals surface area (Å²) >= 11 is 0. The SMILES string of the molecule is CN(C(=O)CCC(=O)c1ccc2c(c1)CCC2)C1CCC(CO)CC1. The summed E-state index contributed by atoms with van der Waals surface area (Å²) in [7, 11) is 1.85. The Hall–Kier alpha value is -1.68. The van der Waals surface area contributed by atoms with Gasteiger partial charge in [-0.25, -0.2) is 0 Å². The van der Waals surface area contributed by atoms with Crippen LogP contribution in [0, 0.1) is 5.92 Å². The number of aliphatic hydroxyl groups excluding tert-OH is 1. The van der Waals surface area contributed by atoms with E-state index in [2.05, 4.69) is 6.07 Å². The maximum Gasteiger partial charge on any atom is 0.223 e. The molecule has 0 bridgehead atoms. The van der Waals surface area contributed by atoms with E-state index in [0.29, 0.717) is 5.92 Å². The number of aliphatic hydroxyl groups is 1. The van der Waals surface area contributed by atoms with E-state index in [4.69, 9.17) is 0 Å². The lowest BCUT2D eigenvalue weighted by atomic mass is 9.86. The molecule has 0 atom stereocenters. The van der Waals surface area contributed by atoms with Gasteiger partial charge in [-0.05, 0) is 68.1 Å². The van der Waals surface area contributed by atoms with Gasteiger partial charge in [0.15, 0.2) is 5.78 Å². The van der Waals surface area contributed by atoms with E-state index in [1.54, 1.807) is 0 Å². The van der Waals surface area contributed by atoms with E-state index in [1.165, 1.54) is 17.5 Å². The van der Waals surface area contributed by atoms with E-state index in [0.717, 1.165) is 44.1 Å². The Balaban J connectivity index is 1.49. The van der Waals surface area contributed by atoms with Gasteiger partial charge in [-0.3, -0.25) is 9.59 Å². The number of rotatable bonds is 6. The van der Waals surface area contributed by atoms with Gasteiger partial charge >= 0.3 is 0 Å². The number of hydrogen-bond donors (Lipinski definition) is 1. The molecule has 1 fully saturated rings. The summed E-state index contributed by atoms with van der Waals surface area (Å²) in [5, 5.41) is 9.22. The van der Waals surface area contributed by atoms with Gasteiger partial charge in [-0.1, -0.05) is 12.1 Å². The lowest BCUT2D eigenvalue weighted by Gasteiger charge is -2.34. The second-order valence-electron chi connectivity index (χ2n) is 7.62. The Morgan fingerprint density at radius 2 is 1.80 bits per heavy atom. The Labute approximate surface area is 150 Å².